The van der Waals surface area contributed by atoms with Crippen molar-refractivity contribution in [1.82, 2.24) is 25.2 Å². The molecular weight excluding hydrogens is 352 g/mol. The van der Waals surface area contributed by atoms with Crippen molar-refractivity contribution in [3.8, 4) is 0 Å². The summed E-state index contributed by atoms with van der Waals surface area (Å²) in [6.07, 6.45) is 5.64. The molecule has 4 rings (SSSR count). The second-order valence-corrected chi connectivity index (χ2v) is 7.71. The van der Waals surface area contributed by atoms with Gasteiger partial charge in [0, 0.05) is 48.8 Å². The van der Waals surface area contributed by atoms with E-state index in [9.17, 15) is 4.79 Å². The molecule has 1 fully saturated rings. The Morgan fingerprint density at radius 2 is 2.14 bits per heavy atom. The molecule has 0 aliphatic carbocycles. The maximum absolute atomic E-state index is 12.8. The highest BCUT2D eigenvalue weighted by atomic mass is 16.1. The number of benzene rings is 1. The van der Waals surface area contributed by atoms with Crippen molar-refractivity contribution < 1.29 is 4.79 Å². The van der Waals surface area contributed by atoms with Gasteiger partial charge in [-0.3, -0.25) is 4.79 Å². The number of hydrogen-bond acceptors (Lipinski definition) is 5. The molecule has 1 aromatic carbocycles. The van der Waals surface area contributed by atoms with Gasteiger partial charge in [-0.25, -0.2) is 9.97 Å². The molecule has 1 amide bonds. The molecule has 0 bridgehead atoms. The summed E-state index contributed by atoms with van der Waals surface area (Å²) in [5.41, 5.74) is 2.09. The molecule has 7 heteroatoms. The molecule has 146 valence electrons. The summed E-state index contributed by atoms with van der Waals surface area (Å²) in [6.45, 7) is 2.54. The van der Waals surface area contributed by atoms with E-state index < -0.39 is 0 Å². The normalized spacial score (nSPS) is 19.5. The first kappa shape index (κ1) is 18.4. The molecule has 0 saturated carbocycles. The van der Waals surface area contributed by atoms with Crippen LogP contribution in [0, 0.1) is 5.92 Å². The van der Waals surface area contributed by atoms with Crippen molar-refractivity contribution in [2.75, 3.05) is 38.6 Å². The molecule has 0 spiro atoms. The summed E-state index contributed by atoms with van der Waals surface area (Å²) in [6, 6.07) is 10.1. The number of para-hydroxylation sites is 1. The molecule has 3 aromatic rings. The standard InChI is InChI=1S/C21H26N6O/c1-26(2)11-16-12-27(20-7-8-22-14-24-20)13-19(16)25-21(28)9-15-10-23-18-6-4-3-5-17(15)18/h3-8,10,14,16,19,23H,9,11-13H2,1-2H3,(H,25,28)/t16-,19-/m1/s1. The van der Waals surface area contributed by atoms with Crippen molar-refractivity contribution in [3.63, 3.8) is 0 Å². The average molecular weight is 378 g/mol. The Kier molecular flexibility index (Phi) is 5.25. The molecule has 2 aromatic heterocycles. The van der Waals surface area contributed by atoms with E-state index in [4.69, 9.17) is 0 Å². The molecule has 7 nitrogen and oxygen atoms in total. The van der Waals surface area contributed by atoms with Gasteiger partial charge in [-0.1, -0.05) is 18.2 Å². The minimum Gasteiger partial charge on any atom is -0.361 e. The van der Waals surface area contributed by atoms with E-state index in [1.807, 2.05) is 30.5 Å². The summed E-state index contributed by atoms with van der Waals surface area (Å²) < 4.78 is 0. The third-order valence-electron chi connectivity index (χ3n) is 5.30. The number of nitrogens with one attached hydrogen (secondary N) is 2. The van der Waals surface area contributed by atoms with Crippen LogP contribution in [0.5, 0.6) is 0 Å². The number of fused-ring (bicyclic) bond motifs is 1. The molecule has 28 heavy (non-hydrogen) atoms. The third-order valence-corrected chi connectivity index (χ3v) is 5.30. The van der Waals surface area contributed by atoms with E-state index in [1.165, 1.54) is 0 Å². The maximum atomic E-state index is 12.8. The van der Waals surface area contributed by atoms with Gasteiger partial charge in [0.1, 0.15) is 12.1 Å². The Hall–Kier alpha value is -2.93. The van der Waals surface area contributed by atoms with Crippen LogP contribution >= 0.6 is 0 Å². The number of hydrogen-bond donors (Lipinski definition) is 2. The quantitative estimate of drug-likeness (QED) is 0.683. The van der Waals surface area contributed by atoms with Crippen molar-refractivity contribution in [2.45, 2.75) is 12.5 Å². The molecule has 1 saturated heterocycles. The number of aromatic nitrogens is 3. The molecule has 1 aliphatic heterocycles. The van der Waals surface area contributed by atoms with E-state index >= 15 is 0 Å². The van der Waals surface area contributed by atoms with Crippen LogP contribution in [0.2, 0.25) is 0 Å². The van der Waals surface area contributed by atoms with Gasteiger partial charge in [0.15, 0.2) is 0 Å². The van der Waals surface area contributed by atoms with Crippen molar-refractivity contribution in [2.24, 2.45) is 5.92 Å². The minimum absolute atomic E-state index is 0.0584. The fourth-order valence-corrected chi connectivity index (χ4v) is 4.06. The number of nitrogens with zero attached hydrogens (tertiary/aromatic N) is 4. The summed E-state index contributed by atoms with van der Waals surface area (Å²) in [4.78, 5) is 28.8. The van der Waals surface area contributed by atoms with Gasteiger partial charge in [-0.05, 0) is 31.8 Å². The topological polar surface area (TPSA) is 77.2 Å². The largest absolute Gasteiger partial charge is 0.361 e. The second kappa shape index (κ2) is 7.98. The van der Waals surface area contributed by atoms with Crippen molar-refractivity contribution in [1.29, 1.82) is 0 Å². The molecular formula is C21H26N6O. The molecule has 0 unspecified atom stereocenters. The van der Waals surface area contributed by atoms with Gasteiger partial charge < -0.3 is 20.1 Å². The third kappa shape index (κ3) is 3.99. The van der Waals surface area contributed by atoms with Crippen molar-refractivity contribution in [3.05, 3.63) is 54.6 Å². The fourth-order valence-electron chi connectivity index (χ4n) is 4.06. The Morgan fingerprint density at radius 1 is 1.29 bits per heavy atom. The van der Waals surface area contributed by atoms with Gasteiger partial charge in [0.2, 0.25) is 5.91 Å². The average Bonchev–Trinajstić information content (AvgIpc) is 3.27. The van der Waals surface area contributed by atoms with Crippen LogP contribution in [0.3, 0.4) is 0 Å². The lowest BCUT2D eigenvalue weighted by molar-refractivity contribution is -0.121. The van der Waals surface area contributed by atoms with Crippen LogP contribution in [0.1, 0.15) is 5.56 Å². The van der Waals surface area contributed by atoms with Crippen molar-refractivity contribution >= 4 is 22.6 Å². The number of anilines is 1. The first-order valence-corrected chi connectivity index (χ1v) is 9.60. The lowest BCUT2D eigenvalue weighted by atomic mass is 10.0. The molecule has 2 N–H and O–H groups in total. The van der Waals surface area contributed by atoms with Gasteiger partial charge in [-0.2, -0.15) is 0 Å². The SMILES string of the molecule is CN(C)C[C@@H]1CN(c2ccncn2)C[C@H]1NC(=O)Cc1c[nH]c2ccccc12. The lowest BCUT2D eigenvalue weighted by Gasteiger charge is -2.22. The zero-order valence-electron chi connectivity index (χ0n) is 16.3. The Labute approximate surface area is 164 Å². The number of H-pyrrole nitrogens is 1. The summed E-state index contributed by atoms with van der Waals surface area (Å²) in [7, 11) is 4.14. The highest BCUT2D eigenvalue weighted by molar-refractivity contribution is 5.89. The van der Waals surface area contributed by atoms with Crippen LogP contribution in [0.4, 0.5) is 5.82 Å². The van der Waals surface area contributed by atoms with Crippen LogP contribution in [-0.2, 0) is 11.2 Å². The van der Waals surface area contributed by atoms with Crippen LogP contribution in [-0.4, -0.2) is 65.5 Å². The Bertz CT molecular complexity index is 938. The predicted octanol–water partition coefficient (Wildman–Crippen LogP) is 1.68. The first-order chi connectivity index (χ1) is 13.6. The minimum atomic E-state index is 0.0584. The van der Waals surface area contributed by atoms with Gasteiger partial charge in [0.25, 0.3) is 0 Å². The number of amides is 1. The van der Waals surface area contributed by atoms with E-state index in [1.54, 1.807) is 12.5 Å². The second-order valence-electron chi connectivity index (χ2n) is 7.71. The zero-order valence-corrected chi connectivity index (χ0v) is 16.3. The van der Waals surface area contributed by atoms with E-state index in [-0.39, 0.29) is 11.9 Å². The van der Waals surface area contributed by atoms with E-state index in [2.05, 4.69) is 50.2 Å². The maximum Gasteiger partial charge on any atom is 0.224 e. The van der Waals surface area contributed by atoms with Crippen LogP contribution < -0.4 is 10.2 Å². The van der Waals surface area contributed by atoms with E-state index in [0.29, 0.717) is 12.3 Å². The number of rotatable bonds is 6. The monoisotopic (exact) mass is 378 g/mol. The Morgan fingerprint density at radius 3 is 2.93 bits per heavy atom. The smallest absolute Gasteiger partial charge is 0.224 e. The van der Waals surface area contributed by atoms with Crippen LogP contribution in [0.15, 0.2) is 49.1 Å². The van der Waals surface area contributed by atoms with Gasteiger partial charge in [0.05, 0.1) is 12.5 Å². The number of carbonyl (C=O) groups excluding carboxylic acids is 1. The highest BCUT2D eigenvalue weighted by Crippen LogP contribution is 2.23. The van der Waals surface area contributed by atoms with Crippen LogP contribution in [0.25, 0.3) is 10.9 Å². The summed E-state index contributed by atoms with van der Waals surface area (Å²) >= 11 is 0. The first-order valence-electron chi connectivity index (χ1n) is 9.60. The Balaban J connectivity index is 1.45. The molecule has 0 radical (unpaired) electrons. The van der Waals surface area contributed by atoms with Gasteiger partial charge in [-0.15, -0.1) is 0 Å². The fraction of sp³-hybridized carbons (Fsp3) is 0.381. The number of aromatic amines is 1. The highest BCUT2D eigenvalue weighted by Gasteiger charge is 2.34. The lowest BCUT2D eigenvalue weighted by Crippen LogP contribution is -2.44. The summed E-state index contributed by atoms with van der Waals surface area (Å²) in [5, 5.41) is 4.38. The van der Waals surface area contributed by atoms with Gasteiger partial charge >= 0.3 is 0 Å². The van der Waals surface area contributed by atoms with E-state index in [0.717, 1.165) is 41.9 Å². The zero-order chi connectivity index (χ0) is 19.5. The molecule has 3 heterocycles. The molecule has 2 atom stereocenters. The molecule has 1 aliphatic rings. The predicted molar refractivity (Wildman–Crippen MR) is 110 cm³/mol. The summed E-state index contributed by atoms with van der Waals surface area (Å²) in [5.74, 6) is 1.31. The number of carbonyl (C=O) groups is 1.